The molecule has 8 amide bonds. The van der Waals surface area contributed by atoms with Crippen LogP contribution in [0.5, 0.6) is 0 Å². The van der Waals surface area contributed by atoms with Gasteiger partial charge in [-0.2, -0.15) is 11.8 Å². The average molecular weight is 1130 g/mol. The average Bonchev–Trinajstić information content (AvgIpc) is 3.84. The Hall–Kier alpha value is -7.73. The van der Waals surface area contributed by atoms with E-state index in [1.165, 1.54) is 11.8 Å². The number of benzene rings is 1. The normalized spacial score (nSPS) is 14.1. The Kier molecular flexibility index (Phi) is 30.4. The van der Waals surface area contributed by atoms with Crippen molar-refractivity contribution in [2.45, 2.75) is 146 Å². The van der Waals surface area contributed by atoms with Crippen LogP contribution in [0.4, 0.5) is 0 Å². The number of carboxylic acid groups (broad SMARTS) is 2. The van der Waals surface area contributed by atoms with Crippen molar-refractivity contribution in [3.05, 3.63) is 36.0 Å². The van der Waals surface area contributed by atoms with E-state index in [1.807, 2.05) is 0 Å². The Morgan fingerprint density at radius 1 is 0.595 bits per heavy atom. The van der Waals surface area contributed by atoms with Gasteiger partial charge in [0.1, 0.15) is 42.3 Å². The number of thioether (sulfide) groups is 1. The third-order valence-electron chi connectivity index (χ3n) is 12.1. The number of nitrogens with zero attached hydrogens (tertiary/aromatic N) is 2. The van der Waals surface area contributed by atoms with E-state index >= 15 is 0 Å². The summed E-state index contributed by atoms with van der Waals surface area (Å²) in [5.74, 6) is -10.0. The number of nitrogens with two attached hydrogens (primary N) is 7. The van der Waals surface area contributed by atoms with Crippen molar-refractivity contribution in [2.24, 2.45) is 56.0 Å². The van der Waals surface area contributed by atoms with Gasteiger partial charge in [0, 0.05) is 43.0 Å². The number of aromatic nitrogens is 1. The largest absolute Gasteiger partial charge is 0.481 e. The van der Waals surface area contributed by atoms with Gasteiger partial charge >= 0.3 is 11.9 Å². The summed E-state index contributed by atoms with van der Waals surface area (Å²) >= 11 is 1.37. The highest BCUT2D eigenvalue weighted by atomic mass is 32.2. The number of rotatable bonds is 39. The van der Waals surface area contributed by atoms with Gasteiger partial charge in [0.15, 0.2) is 11.9 Å². The Morgan fingerprint density at radius 3 is 1.58 bits per heavy atom. The summed E-state index contributed by atoms with van der Waals surface area (Å²) < 4.78 is 0. The quantitative estimate of drug-likeness (QED) is 0.0174. The first-order chi connectivity index (χ1) is 37.4. The number of amides is 8. The van der Waals surface area contributed by atoms with Crippen LogP contribution < -0.4 is 77.4 Å². The third-order valence-corrected chi connectivity index (χ3v) is 12.7. The van der Waals surface area contributed by atoms with E-state index in [0.29, 0.717) is 29.5 Å². The molecule has 0 bridgehead atoms. The first-order valence-electron chi connectivity index (χ1n) is 25.8. The van der Waals surface area contributed by atoms with E-state index in [1.54, 1.807) is 50.6 Å². The lowest BCUT2D eigenvalue weighted by Crippen LogP contribution is -2.60. The van der Waals surface area contributed by atoms with Crippen LogP contribution >= 0.6 is 11.8 Å². The van der Waals surface area contributed by atoms with Crippen molar-refractivity contribution in [1.29, 1.82) is 0 Å². The summed E-state index contributed by atoms with van der Waals surface area (Å²) in [5, 5.41) is 37.8. The molecule has 30 heteroatoms. The monoisotopic (exact) mass is 1130 g/mol. The Bertz CT molecular complexity index is 2430. The molecule has 2 rings (SSSR count). The molecule has 24 N–H and O–H groups in total. The van der Waals surface area contributed by atoms with Gasteiger partial charge in [-0.1, -0.05) is 32.0 Å². The minimum atomic E-state index is -1.63. The van der Waals surface area contributed by atoms with E-state index in [9.17, 15) is 53.1 Å². The molecule has 440 valence electrons. The van der Waals surface area contributed by atoms with Crippen LogP contribution in [0.2, 0.25) is 0 Å². The van der Waals surface area contributed by atoms with Crippen molar-refractivity contribution in [3.63, 3.8) is 0 Å². The molecular formula is C49H81N17O12S. The zero-order valence-corrected chi connectivity index (χ0v) is 45.7. The molecule has 0 aliphatic heterocycles. The van der Waals surface area contributed by atoms with Gasteiger partial charge in [0.05, 0.1) is 12.5 Å². The number of fused-ring (bicyclic) bond motifs is 1. The Labute approximate surface area is 462 Å². The maximum atomic E-state index is 14.7. The van der Waals surface area contributed by atoms with Gasteiger partial charge in [-0.3, -0.25) is 53.1 Å². The number of aliphatic carboxylic acids is 2. The number of H-pyrrole nitrogens is 1. The predicted molar refractivity (Wildman–Crippen MR) is 297 cm³/mol. The van der Waals surface area contributed by atoms with Gasteiger partial charge in [-0.15, -0.1) is 0 Å². The zero-order chi connectivity index (χ0) is 59.2. The van der Waals surface area contributed by atoms with Gasteiger partial charge in [-0.05, 0) is 100 Å². The number of aliphatic imine (C=N–C) groups is 2. The lowest BCUT2D eigenvalue weighted by molar-refractivity contribution is -0.142. The first-order valence-corrected chi connectivity index (χ1v) is 27.2. The van der Waals surface area contributed by atoms with Crippen molar-refractivity contribution in [3.8, 4) is 0 Å². The number of aromatic amines is 1. The molecule has 0 aliphatic rings. The maximum Gasteiger partial charge on any atom is 0.326 e. The van der Waals surface area contributed by atoms with Crippen molar-refractivity contribution in [1.82, 2.24) is 42.2 Å². The van der Waals surface area contributed by atoms with Gasteiger partial charge in [0.25, 0.3) is 0 Å². The molecule has 2 aromatic rings. The van der Waals surface area contributed by atoms with Crippen molar-refractivity contribution in [2.75, 3.05) is 31.6 Å². The number of primary amides is 1. The fraction of sp³-hybridized carbons (Fsp3) is 0.592. The first kappa shape index (κ1) is 67.4. The molecule has 0 fully saturated rings. The summed E-state index contributed by atoms with van der Waals surface area (Å²) in [7, 11) is 0. The molecule has 1 aromatic carbocycles. The summed E-state index contributed by atoms with van der Waals surface area (Å²) in [5.41, 5.74) is 40.2. The fourth-order valence-corrected chi connectivity index (χ4v) is 8.44. The number of nitrogens with one attached hydrogen (secondary N) is 8. The Morgan fingerprint density at radius 2 is 1.06 bits per heavy atom. The number of hydrogen-bond donors (Lipinski definition) is 17. The predicted octanol–water partition coefficient (Wildman–Crippen LogP) is -3.71. The highest BCUT2D eigenvalue weighted by molar-refractivity contribution is 7.98. The molecule has 1 heterocycles. The SMILES string of the molecule is CSCC[C@H](NC(=O)[C@H](Cc1c[nH]c2ccccc12)NC(=O)[C@H](CCCN=C(N)N)NC(=O)[C@H](CCCCN)NC(=O)[C@H](CC(C)C)NC(=O)[C@H](CC(N)=O)NC(=O)[C@@H](N)CCC(=O)O)C(=O)N[C@@H](CCCN=C(N)N)C(=O)O. The fourth-order valence-electron chi connectivity index (χ4n) is 7.97. The summed E-state index contributed by atoms with van der Waals surface area (Å²) in [6.45, 7) is 3.82. The van der Waals surface area contributed by atoms with E-state index in [4.69, 9.17) is 45.2 Å². The molecule has 0 unspecified atom stereocenters. The van der Waals surface area contributed by atoms with E-state index in [2.05, 4.69) is 52.2 Å². The number of carbonyl (C=O) groups is 10. The summed E-state index contributed by atoms with van der Waals surface area (Å²) in [6, 6.07) is -4.05. The second-order valence-electron chi connectivity index (χ2n) is 19.1. The minimum Gasteiger partial charge on any atom is -0.481 e. The molecular weight excluding hydrogens is 1050 g/mol. The zero-order valence-electron chi connectivity index (χ0n) is 44.9. The third kappa shape index (κ3) is 26.0. The number of hydrogen-bond acceptors (Lipinski definition) is 15. The van der Waals surface area contributed by atoms with Gasteiger partial charge in [-0.25, -0.2) is 4.79 Å². The van der Waals surface area contributed by atoms with Crippen LogP contribution in [-0.2, 0) is 54.4 Å². The van der Waals surface area contributed by atoms with E-state index in [0.717, 1.165) is 5.52 Å². The maximum absolute atomic E-state index is 14.7. The minimum absolute atomic E-state index is 0.0117. The highest BCUT2D eigenvalue weighted by Crippen LogP contribution is 2.20. The van der Waals surface area contributed by atoms with Crippen LogP contribution in [0.15, 0.2) is 40.4 Å². The Balaban J connectivity index is 2.57. The topological polar surface area (TPSA) is 518 Å². The standard InChI is InChI=1S/C49H81N17O12S/c1-26(2)22-35(65-46(76)37(24-38(52)67)64-40(70)29(51)15-16-39(68)69)44(74)61-31(12-6-7-18-50)41(71)60-32(13-8-19-57-48(53)54)42(72)66-36(23-27-25-59-30-11-5-4-10-28(27)30)45(75)62-33(17-21-79-3)43(73)63-34(47(77)78)14-9-20-58-49(55)56/h4-5,10-11,25-26,29,31-37,59H,6-9,12-24,50-51H2,1-3H3,(H2,52,67)(H,60,71)(H,61,74)(H,62,75)(H,63,73)(H,64,70)(H,65,76)(H,66,72)(H,68,69)(H,77,78)(H4,53,54,57)(H4,55,56,58)/t29-,31-,32-,33-,34-,35-,36-,37-/m0/s1. The second kappa shape index (κ2) is 35.6. The van der Waals surface area contributed by atoms with E-state index in [-0.39, 0.29) is 95.3 Å². The number of carbonyl (C=O) groups excluding carboxylic acids is 8. The number of para-hydroxylation sites is 1. The molecule has 79 heavy (non-hydrogen) atoms. The van der Waals surface area contributed by atoms with Crippen LogP contribution in [0.3, 0.4) is 0 Å². The van der Waals surface area contributed by atoms with Crippen LogP contribution in [0, 0.1) is 5.92 Å². The number of guanidine groups is 2. The van der Waals surface area contributed by atoms with Gasteiger partial charge in [0.2, 0.25) is 47.3 Å². The lowest BCUT2D eigenvalue weighted by Gasteiger charge is -2.28. The molecule has 0 spiro atoms. The molecule has 29 nitrogen and oxygen atoms in total. The number of unbranched alkanes of at least 4 members (excludes halogenated alkanes) is 1. The molecule has 0 saturated carbocycles. The smallest absolute Gasteiger partial charge is 0.326 e. The van der Waals surface area contributed by atoms with E-state index < -0.39 is 120 Å². The molecule has 0 aliphatic carbocycles. The molecule has 0 saturated heterocycles. The molecule has 0 radical (unpaired) electrons. The van der Waals surface area contributed by atoms with Crippen LogP contribution in [0.25, 0.3) is 10.9 Å². The van der Waals surface area contributed by atoms with Gasteiger partial charge < -0.3 is 92.6 Å². The van der Waals surface area contributed by atoms with Crippen molar-refractivity contribution >= 4 is 93.8 Å². The lowest BCUT2D eigenvalue weighted by atomic mass is 10.0. The van der Waals surface area contributed by atoms with Crippen LogP contribution in [0.1, 0.15) is 96.5 Å². The molecule has 1 aromatic heterocycles. The summed E-state index contributed by atoms with van der Waals surface area (Å²) in [6.07, 6.45) is 2.72. The molecule has 8 atom stereocenters. The van der Waals surface area contributed by atoms with Crippen LogP contribution in [-0.4, -0.2) is 166 Å². The second-order valence-corrected chi connectivity index (χ2v) is 20.1. The highest BCUT2D eigenvalue weighted by Gasteiger charge is 2.35. The van der Waals surface area contributed by atoms with Crippen molar-refractivity contribution < 1.29 is 58.2 Å². The summed E-state index contributed by atoms with van der Waals surface area (Å²) in [4.78, 5) is 144. The number of carboxylic acids is 2.